The predicted octanol–water partition coefficient (Wildman–Crippen LogP) is 3.09. The Kier molecular flexibility index (Phi) is 6.95. The Labute approximate surface area is 150 Å². The molecule has 1 N–H and O–H groups in total. The van der Waals surface area contributed by atoms with Crippen LogP contribution in [0.15, 0.2) is 53.5 Å². The predicted molar refractivity (Wildman–Crippen MR) is 102 cm³/mol. The summed E-state index contributed by atoms with van der Waals surface area (Å²) in [7, 11) is 7.87. The van der Waals surface area contributed by atoms with Gasteiger partial charge in [0.15, 0.2) is 5.96 Å². The van der Waals surface area contributed by atoms with Crippen LogP contribution in [0.25, 0.3) is 0 Å². The Morgan fingerprint density at radius 3 is 1.96 bits per heavy atom. The van der Waals surface area contributed by atoms with Crippen molar-refractivity contribution < 1.29 is 4.39 Å². The highest BCUT2D eigenvalue weighted by Crippen LogP contribution is 2.08. The quantitative estimate of drug-likeness (QED) is 0.646. The van der Waals surface area contributed by atoms with Crippen molar-refractivity contribution in [2.75, 3.05) is 28.2 Å². The van der Waals surface area contributed by atoms with E-state index in [1.165, 1.54) is 23.3 Å². The summed E-state index contributed by atoms with van der Waals surface area (Å²) in [5, 5.41) is 3.37. The van der Waals surface area contributed by atoms with Gasteiger partial charge in [0, 0.05) is 33.7 Å². The molecular formula is C20H27FN4. The molecule has 4 nitrogen and oxygen atoms in total. The van der Waals surface area contributed by atoms with Crippen molar-refractivity contribution in [3.05, 3.63) is 71.0 Å². The Hall–Kier alpha value is -2.40. The third-order valence-electron chi connectivity index (χ3n) is 3.88. The molecule has 2 aromatic carbocycles. The number of nitrogens with one attached hydrogen (secondary N) is 1. The molecule has 2 aromatic rings. The molecule has 0 aromatic heterocycles. The Morgan fingerprint density at radius 1 is 0.880 bits per heavy atom. The molecule has 0 atom stereocenters. The fraction of sp³-hybridized carbons (Fsp3) is 0.350. The maximum atomic E-state index is 13.0. The summed E-state index contributed by atoms with van der Waals surface area (Å²) >= 11 is 0. The number of rotatable bonds is 6. The van der Waals surface area contributed by atoms with Gasteiger partial charge in [0.2, 0.25) is 0 Å². The zero-order valence-corrected chi connectivity index (χ0v) is 15.5. The number of guanidine groups is 1. The van der Waals surface area contributed by atoms with Crippen LogP contribution in [0.4, 0.5) is 4.39 Å². The minimum atomic E-state index is -0.216. The van der Waals surface area contributed by atoms with Crippen LogP contribution in [0.3, 0.4) is 0 Å². The van der Waals surface area contributed by atoms with Gasteiger partial charge in [-0.2, -0.15) is 0 Å². The lowest BCUT2D eigenvalue weighted by Crippen LogP contribution is -2.38. The maximum Gasteiger partial charge on any atom is 0.193 e. The van der Waals surface area contributed by atoms with Crippen LogP contribution in [0.1, 0.15) is 16.7 Å². The van der Waals surface area contributed by atoms with Gasteiger partial charge in [0.25, 0.3) is 0 Å². The largest absolute Gasteiger partial charge is 0.352 e. The van der Waals surface area contributed by atoms with Gasteiger partial charge in [-0.1, -0.05) is 36.4 Å². The van der Waals surface area contributed by atoms with E-state index in [4.69, 9.17) is 0 Å². The van der Waals surface area contributed by atoms with Crippen LogP contribution in [-0.2, 0) is 19.6 Å². The molecule has 0 radical (unpaired) electrons. The molecule has 2 rings (SSSR count). The summed E-state index contributed by atoms with van der Waals surface area (Å²) in [6.45, 7) is 2.32. The maximum absolute atomic E-state index is 13.0. The van der Waals surface area contributed by atoms with Gasteiger partial charge in [0.1, 0.15) is 5.82 Å². The lowest BCUT2D eigenvalue weighted by molar-refractivity contribution is 0.402. The molecule has 0 spiro atoms. The molecule has 0 heterocycles. The Morgan fingerprint density at radius 2 is 1.40 bits per heavy atom. The van der Waals surface area contributed by atoms with E-state index in [0.29, 0.717) is 13.1 Å². The van der Waals surface area contributed by atoms with Crippen molar-refractivity contribution in [1.82, 2.24) is 15.1 Å². The molecule has 25 heavy (non-hydrogen) atoms. The Bertz CT molecular complexity index is 678. The van der Waals surface area contributed by atoms with Crippen molar-refractivity contribution in [3.63, 3.8) is 0 Å². The van der Waals surface area contributed by atoms with Crippen LogP contribution >= 0.6 is 0 Å². The molecule has 0 aliphatic rings. The molecule has 0 saturated carbocycles. The van der Waals surface area contributed by atoms with Gasteiger partial charge in [-0.05, 0) is 42.9 Å². The molecule has 0 unspecified atom stereocenters. The topological polar surface area (TPSA) is 30.9 Å². The summed E-state index contributed by atoms with van der Waals surface area (Å²) in [5.41, 5.74) is 3.55. The van der Waals surface area contributed by atoms with E-state index in [0.717, 1.165) is 18.1 Å². The van der Waals surface area contributed by atoms with Crippen LogP contribution in [0.5, 0.6) is 0 Å². The van der Waals surface area contributed by atoms with Crippen molar-refractivity contribution in [2.24, 2.45) is 4.99 Å². The van der Waals surface area contributed by atoms with Crippen LogP contribution in [0.2, 0.25) is 0 Å². The SMILES string of the molecule is CN=C(NCc1ccc(CN(C)C)cc1)N(C)Cc1ccc(F)cc1. The van der Waals surface area contributed by atoms with Gasteiger partial charge in [0.05, 0.1) is 0 Å². The summed E-state index contributed by atoms with van der Waals surface area (Å²) in [6.07, 6.45) is 0. The highest BCUT2D eigenvalue weighted by molar-refractivity contribution is 5.79. The van der Waals surface area contributed by atoms with Crippen molar-refractivity contribution >= 4 is 5.96 Å². The van der Waals surface area contributed by atoms with Gasteiger partial charge in [-0.15, -0.1) is 0 Å². The van der Waals surface area contributed by atoms with Gasteiger partial charge >= 0.3 is 0 Å². The molecule has 0 fully saturated rings. The van der Waals surface area contributed by atoms with E-state index < -0.39 is 0 Å². The smallest absolute Gasteiger partial charge is 0.193 e. The monoisotopic (exact) mass is 342 g/mol. The number of benzene rings is 2. The third kappa shape index (κ3) is 6.19. The molecule has 0 bridgehead atoms. The van der Waals surface area contributed by atoms with E-state index in [2.05, 4.69) is 53.6 Å². The minimum Gasteiger partial charge on any atom is -0.352 e. The Balaban J connectivity index is 1.89. The first-order valence-electron chi connectivity index (χ1n) is 8.36. The van der Waals surface area contributed by atoms with Gasteiger partial charge in [-0.3, -0.25) is 4.99 Å². The fourth-order valence-electron chi connectivity index (χ4n) is 2.63. The van der Waals surface area contributed by atoms with Gasteiger partial charge < -0.3 is 15.1 Å². The molecule has 134 valence electrons. The van der Waals surface area contributed by atoms with Crippen LogP contribution < -0.4 is 5.32 Å². The van der Waals surface area contributed by atoms with Crippen LogP contribution in [-0.4, -0.2) is 44.0 Å². The number of halogens is 1. The number of aliphatic imine (C=N–C) groups is 1. The average Bonchev–Trinajstić information content (AvgIpc) is 2.58. The molecule has 0 amide bonds. The standard InChI is InChI=1S/C20H27FN4/c1-22-20(25(4)15-18-9-11-19(21)12-10-18)23-13-16-5-7-17(8-6-16)14-24(2)3/h5-12H,13-15H2,1-4H3,(H,22,23). The van der Waals surface area contributed by atoms with Crippen molar-refractivity contribution in [2.45, 2.75) is 19.6 Å². The highest BCUT2D eigenvalue weighted by atomic mass is 19.1. The summed E-state index contributed by atoms with van der Waals surface area (Å²) < 4.78 is 13.0. The fourth-order valence-corrected chi connectivity index (χ4v) is 2.63. The number of nitrogens with zero attached hydrogens (tertiary/aromatic N) is 3. The zero-order chi connectivity index (χ0) is 18.2. The van der Waals surface area contributed by atoms with Gasteiger partial charge in [-0.25, -0.2) is 4.39 Å². The lowest BCUT2D eigenvalue weighted by atomic mass is 10.1. The second kappa shape index (κ2) is 9.18. The van der Waals surface area contributed by atoms with E-state index in [1.54, 1.807) is 19.2 Å². The number of hydrogen-bond acceptors (Lipinski definition) is 2. The molecule has 0 aliphatic heterocycles. The summed E-state index contributed by atoms with van der Waals surface area (Å²) in [6, 6.07) is 15.1. The van der Waals surface area contributed by atoms with E-state index in [9.17, 15) is 4.39 Å². The van der Waals surface area contributed by atoms with Crippen molar-refractivity contribution in [1.29, 1.82) is 0 Å². The van der Waals surface area contributed by atoms with Crippen molar-refractivity contribution in [3.8, 4) is 0 Å². The second-order valence-electron chi connectivity index (χ2n) is 6.44. The molecule has 5 heteroatoms. The lowest BCUT2D eigenvalue weighted by Gasteiger charge is -2.22. The normalized spacial score (nSPS) is 11.7. The summed E-state index contributed by atoms with van der Waals surface area (Å²) in [5.74, 6) is 0.591. The van der Waals surface area contributed by atoms with E-state index >= 15 is 0 Å². The summed E-state index contributed by atoms with van der Waals surface area (Å²) in [4.78, 5) is 8.50. The third-order valence-corrected chi connectivity index (χ3v) is 3.88. The second-order valence-corrected chi connectivity index (χ2v) is 6.44. The first kappa shape index (κ1) is 18.9. The average molecular weight is 342 g/mol. The zero-order valence-electron chi connectivity index (χ0n) is 15.5. The van der Waals surface area contributed by atoms with E-state index in [-0.39, 0.29) is 5.82 Å². The van der Waals surface area contributed by atoms with E-state index in [1.807, 2.05) is 11.9 Å². The highest BCUT2D eigenvalue weighted by Gasteiger charge is 2.07. The van der Waals surface area contributed by atoms with Crippen LogP contribution in [0, 0.1) is 5.82 Å². The minimum absolute atomic E-state index is 0.216. The first-order valence-corrected chi connectivity index (χ1v) is 8.36. The molecular weight excluding hydrogens is 315 g/mol. The molecule has 0 aliphatic carbocycles. The first-order chi connectivity index (χ1) is 12.0. The number of hydrogen-bond donors (Lipinski definition) is 1. The molecule has 0 saturated heterocycles.